The minimum absolute atomic E-state index is 0.0597. The number of nitrogens with two attached hydrogens (primary N) is 4. The first-order valence-electron chi connectivity index (χ1n) is 5.12. The van der Waals surface area contributed by atoms with Crippen molar-refractivity contribution in [1.82, 2.24) is 0 Å². The molecule has 8 N–H and O–H groups in total. The van der Waals surface area contributed by atoms with Crippen molar-refractivity contribution in [3.8, 4) is 0 Å². The third-order valence-electron chi connectivity index (χ3n) is 2.19. The van der Waals surface area contributed by atoms with E-state index in [1.54, 1.807) is 0 Å². The van der Waals surface area contributed by atoms with Gasteiger partial charge in [-0.1, -0.05) is 12.8 Å². The summed E-state index contributed by atoms with van der Waals surface area (Å²) < 4.78 is 0. The monoisotopic (exact) mass is 188 g/mol. The maximum Gasteiger partial charge on any atom is 0.0177 e. The lowest BCUT2D eigenvalue weighted by Gasteiger charge is -2.15. The molecule has 2 atom stereocenters. The number of hydrogen-bond donors (Lipinski definition) is 4. The smallest absolute Gasteiger partial charge is 0.0177 e. The lowest BCUT2D eigenvalue weighted by Crippen LogP contribution is -2.36. The van der Waals surface area contributed by atoms with Crippen LogP contribution < -0.4 is 22.9 Å². The van der Waals surface area contributed by atoms with Crippen molar-refractivity contribution in [2.75, 3.05) is 13.1 Å². The predicted octanol–water partition coefficient (Wildman–Crippen LogP) is -0.491. The van der Waals surface area contributed by atoms with Crippen LogP contribution in [0.25, 0.3) is 0 Å². The van der Waals surface area contributed by atoms with Gasteiger partial charge in [-0.05, 0) is 25.8 Å². The van der Waals surface area contributed by atoms with Crippen LogP contribution in [0, 0.1) is 0 Å². The molecule has 0 fully saturated rings. The van der Waals surface area contributed by atoms with Gasteiger partial charge in [-0.2, -0.15) is 0 Å². The van der Waals surface area contributed by atoms with Gasteiger partial charge in [0.05, 0.1) is 0 Å². The van der Waals surface area contributed by atoms with E-state index >= 15 is 0 Å². The minimum atomic E-state index is 0.0597. The average molecular weight is 188 g/mol. The summed E-state index contributed by atoms with van der Waals surface area (Å²) in [5, 5.41) is 0. The molecule has 0 aromatic rings. The molecule has 13 heavy (non-hydrogen) atoms. The zero-order chi connectivity index (χ0) is 10.1. The van der Waals surface area contributed by atoms with Gasteiger partial charge in [0.15, 0.2) is 0 Å². The van der Waals surface area contributed by atoms with E-state index in [9.17, 15) is 0 Å². The van der Waals surface area contributed by atoms with Gasteiger partial charge in [0.1, 0.15) is 0 Å². The van der Waals surface area contributed by atoms with Gasteiger partial charge in [-0.25, -0.2) is 0 Å². The molecule has 80 valence electrons. The van der Waals surface area contributed by atoms with Crippen molar-refractivity contribution in [2.24, 2.45) is 22.9 Å². The van der Waals surface area contributed by atoms with Crippen molar-refractivity contribution in [2.45, 2.75) is 44.2 Å². The van der Waals surface area contributed by atoms with Crippen molar-refractivity contribution in [1.29, 1.82) is 0 Å². The molecule has 4 heteroatoms. The largest absolute Gasteiger partial charge is 0.330 e. The van der Waals surface area contributed by atoms with Crippen LogP contribution in [0.4, 0.5) is 0 Å². The van der Waals surface area contributed by atoms with Crippen LogP contribution in [0.15, 0.2) is 0 Å². The lowest BCUT2D eigenvalue weighted by atomic mass is 10.0. The Morgan fingerprint density at radius 2 is 1.54 bits per heavy atom. The molecule has 0 saturated heterocycles. The number of rotatable bonds is 8. The Hall–Kier alpha value is -0.160. The Labute approximate surface area is 81.0 Å². The average Bonchev–Trinajstić information content (AvgIpc) is 2.12. The molecular formula is C9H24N4. The topological polar surface area (TPSA) is 104 Å². The molecule has 0 aliphatic carbocycles. The highest BCUT2D eigenvalue weighted by Crippen LogP contribution is 2.05. The maximum absolute atomic E-state index is 5.87. The first kappa shape index (κ1) is 12.8. The summed E-state index contributed by atoms with van der Waals surface area (Å²) in [7, 11) is 0. The molecule has 2 unspecified atom stereocenters. The van der Waals surface area contributed by atoms with E-state index in [2.05, 4.69) is 0 Å². The fraction of sp³-hybridized carbons (Fsp3) is 1.00. The molecule has 4 nitrogen and oxygen atoms in total. The highest BCUT2D eigenvalue weighted by atomic mass is 14.7. The minimum Gasteiger partial charge on any atom is -0.330 e. The zero-order valence-electron chi connectivity index (χ0n) is 8.41. The first-order chi connectivity index (χ1) is 6.20. The predicted molar refractivity (Wildman–Crippen MR) is 57.1 cm³/mol. The summed E-state index contributed by atoms with van der Waals surface area (Å²) in [5.41, 5.74) is 22.3. The molecule has 0 aromatic carbocycles. The van der Waals surface area contributed by atoms with Crippen LogP contribution in [0.2, 0.25) is 0 Å². The quantitative estimate of drug-likeness (QED) is 0.386. The SMILES string of the molecule is NCCCCCC(N)CC(N)CN. The third kappa shape index (κ3) is 8.18. The second kappa shape index (κ2) is 8.44. The van der Waals surface area contributed by atoms with E-state index in [1.807, 2.05) is 0 Å². The molecule has 0 heterocycles. The van der Waals surface area contributed by atoms with Crippen LogP contribution in [0.5, 0.6) is 0 Å². The van der Waals surface area contributed by atoms with Crippen LogP contribution in [-0.4, -0.2) is 25.2 Å². The van der Waals surface area contributed by atoms with Crippen LogP contribution in [-0.2, 0) is 0 Å². The van der Waals surface area contributed by atoms with E-state index in [-0.39, 0.29) is 12.1 Å². The van der Waals surface area contributed by atoms with E-state index < -0.39 is 0 Å². The van der Waals surface area contributed by atoms with Gasteiger partial charge >= 0.3 is 0 Å². The Kier molecular flexibility index (Phi) is 8.33. The zero-order valence-corrected chi connectivity index (χ0v) is 8.41. The summed E-state index contributed by atoms with van der Waals surface area (Å²) in [4.78, 5) is 0. The Balaban J connectivity index is 3.24. The first-order valence-corrected chi connectivity index (χ1v) is 5.12. The number of unbranched alkanes of at least 4 members (excludes halogenated alkanes) is 2. The molecule has 0 aliphatic heterocycles. The van der Waals surface area contributed by atoms with E-state index in [0.717, 1.165) is 32.2 Å². The molecule has 0 rings (SSSR count). The molecule has 0 saturated carbocycles. The molecule has 0 spiro atoms. The van der Waals surface area contributed by atoms with E-state index in [4.69, 9.17) is 22.9 Å². The van der Waals surface area contributed by atoms with Crippen molar-refractivity contribution in [3.05, 3.63) is 0 Å². The molecule has 0 bridgehead atoms. The molecule has 0 aliphatic rings. The Morgan fingerprint density at radius 1 is 0.846 bits per heavy atom. The second-order valence-electron chi connectivity index (χ2n) is 3.63. The lowest BCUT2D eigenvalue weighted by molar-refractivity contribution is 0.478. The summed E-state index contributed by atoms with van der Waals surface area (Å²) in [6, 6.07) is 0.265. The van der Waals surface area contributed by atoms with Crippen LogP contribution in [0.1, 0.15) is 32.1 Å². The third-order valence-corrected chi connectivity index (χ3v) is 2.19. The summed E-state index contributed by atoms with van der Waals surface area (Å²) in [5.74, 6) is 0. The molecule has 0 radical (unpaired) electrons. The molecule has 0 amide bonds. The second-order valence-corrected chi connectivity index (χ2v) is 3.63. The number of hydrogen-bond acceptors (Lipinski definition) is 4. The van der Waals surface area contributed by atoms with Gasteiger partial charge in [0.25, 0.3) is 0 Å². The van der Waals surface area contributed by atoms with Crippen molar-refractivity contribution < 1.29 is 0 Å². The maximum atomic E-state index is 5.87. The fourth-order valence-electron chi connectivity index (χ4n) is 1.33. The highest BCUT2D eigenvalue weighted by molar-refractivity contribution is 4.71. The van der Waals surface area contributed by atoms with Gasteiger partial charge in [0.2, 0.25) is 0 Å². The molecule has 0 aromatic heterocycles. The van der Waals surface area contributed by atoms with Crippen molar-refractivity contribution >= 4 is 0 Å². The van der Waals surface area contributed by atoms with Crippen LogP contribution >= 0.6 is 0 Å². The van der Waals surface area contributed by atoms with Gasteiger partial charge in [-0.3, -0.25) is 0 Å². The summed E-state index contributed by atoms with van der Waals surface area (Å²) in [6.45, 7) is 1.30. The standard InChI is InChI=1S/C9H24N4/c10-5-3-1-2-4-8(12)6-9(13)7-11/h8-9H,1-7,10-13H2. The van der Waals surface area contributed by atoms with E-state index in [1.165, 1.54) is 6.42 Å². The summed E-state index contributed by atoms with van der Waals surface area (Å²) >= 11 is 0. The van der Waals surface area contributed by atoms with Gasteiger partial charge in [-0.15, -0.1) is 0 Å². The van der Waals surface area contributed by atoms with Gasteiger partial charge in [0, 0.05) is 18.6 Å². The van der Waals surface area contributed by atoms with E-state index in [0.29, 0.717) is 6.54 Å². The van der Waals surface area contributed by atoms with Crippen LogP contribution in [0.3, 0.4) is 0 Å². The summed E-state index contributed by atoms with van der Waals surface area (Å²) in [6.07, 6.45) is 5.28. The Bertz CT molecular complexity index is 108. The Morgan fingerprint density at radius 3 is 2.08 bits per heavy atom. The fourth-order valence-corrected chi connectivity index (χ4v) is 1.33. The normalized spacial score (nSPS) is 15.7. The van der Waals surface area contributed by atoms with Crippen molar-refractivity contribution in [3.63, 3.8) is 0 Å². The van der Waals surface area contributed by atoms with Gasteiger partial charge < -0.3 is 22.9 Å². The highest BCUT2D eigenvalue weighted by Gasteiger charge is 2.07. The molecular weight excluding hydrogens is 164 g/mol.